The molecule has 0 fully saturated rings. The van der Waals surface area contributed by atoms with E-state index in [1.807, 2.05) is 22.7 Å². The number of para-hydroxylation sites is 4. The molecule has 0 aliphatic carbocycles. The van der Waals surface area contributed by atoms with Crippen LogP contribution in [0.25, 0.3) is 43.7 Å². The summed E-state index contributed by atoms with van der Waals surface area (Å²) in [6, 6.07) is 34.7. The highest BCUT2D eigenvalue weighted by Gasteiger charge is 2.22. The van der Waals surface area contributed by atoms with Gasteiger partial charge >= 0.3 is 0 Å². The first-order valence-corrected chi connectivity index (χ1v) is 21.8. The average molecular weight is 1300 g/mol. The maximum atomic E-state index is 4.02. The second-order valence-electron chi connectivity index (χ2n) is 15.9. The molecular weight excluding hydrogens is 1240 g/mol. The molecule has 0 unspecified atom stereocenters. The van der Waals surface area contributed by atoms with Crippen LogP contribution in [0.15, 0.2) is 122 Å². The first kappa shape index (κ1) is 53.4. The van der Waals surface area contributed by atoms with E-state index in [9.17, 15) is 0 Å². The van der Waals surface area contributed by atoms with Gasteiger partial charge in [0.2, 0.25) is 11.0 Å². The van der Waals surface area contributed by atoms with Crippen LogP contribution in [-0.4, -0.2) is 70.3 Å². The van der Waals surface area contributed by atoms with Gasteiger partial charge in [0, 0.05) is 78.7 Å². The number of aromatic nitrogens is 2. The third kappa shape index (κ3) is 13.3. The zero-order valence-electron chi connectivity index (χ0n) is 36.1. The predicted octanol–water partition coefficient (Wildman–Crippen LogP) is 1.47. The molecule has 1 radical (unpaired) electrons. The predicted molar refractivity (Wildman–Crippen MR) is 263 cm³/mol. The minimum atomic E-state index is 0. The summed E-state index contributed by atoms with van der Waals surface area (Å²) in [7, 11) is 13.2. The minimum absolute atomic E-state index is 0. The molecule has 6 aromatic rings. The quantitative estimate of drug-likeness (QED) is 0.105. The lowest BCUT2D eigenvalue weighted by atomic mass is 9.99. The van der Waals surface area contributed by atoms with Crippen molar-refractivity contribution in [3.05, 3.63) is 150 Å². The lowest BCUT2D eigenvalue weighted by molar-refractivity contribution is -0.890. The summed E-state index contributed by atoms with van der Waals surface area (Å²) in [6.07, 6.45) is 16.9. The van der Waals surface area contributed by atoms with Gasteiger partial charge in [-0.15, -0.1) is 24.0 Å². The molecule has 0 saturated carbocycles. The lowest BCUT2D eigenvalue weighted by Gasteiger charge is -2.32. The van der Waals surface area contributed by atoms with Gasteiger partial charge in [-0.3, -0.25) is 0 Å². The minimum Gasteiger partial charge on any atom is -1.00 e. The summed E-state index contributed by atoms with van der Waals surface area (Å²) in [5, 5.41) is 2.54. The molecule has 8 rings (SSSR count). The van der Waals surface area contributed by atoms with Gasteiger partial charge in [-0.25, -0.2) is 0 Å². The van der Waals surface area contributed by atoms with Crippen molar-refractivity contribution in [3.63, 3.8) is 0 Å². The van der Waals surface area contributed by atoms with Crippen molar-refractivity contribution in [2.45, 2.75) is 19.3 Å². The number of rotatable bonds is 12. The van der Waals surface area contributed by atoms with Crippen LogP contribution in [0.3, 0.4) is 0 Å². The van der Waals surface area contributed by atoms with E-state index in [0.29, 0.717) is 0 Å². The highest BCUT2D eigenvalue weighted by atomic mass is 127. The Bertz CT molecular complexity index is 2470. The number of halogens is 4. The molecule has 2 aliphatic rings. The number of anilines is 2. The summed E-state index contributed by atoms with van der Waals surface area (Å²) < 4.78 is 8.26. The smallest absolute Gasteiger partial charge is 0.263 e. The zero-order chi connectivity index (χ0) is 39.9. The number of hydrogen-bond donors (Lipinski definition) is 0. The third-order valence-electron chi connectivity index (χ3n) is 10.9. The zero-order valence-corrected chi connectivity index (χ0v) is 46.5. The Kier molecular flexibility index (Phi) is 21.8. The van der Waals surface area contributed by atoms with Gasteiger partial charge in [-0.1, -0.05) is 83.3 Å². The number of thiazole rings is 2. The summed E-state index contributed by atoms with van der Waals surface area (Å²) in [6.45, 7) is 9.50. The van der Waals surface area contributed by atoms with Crippen LogP contribution >= 0.6 is 46.7 Å². The molecule has 0 amide bonds. The molecule has 0 N–H and O–H groups in total. The summed E-state index contributed by atoms with van der Waals surface area (Å²) in [4.78, 5) is 7.02. The SMILES string of the molecule is CN(C)CCCN1C=CC(=Cc2sc3ccccc3[n+]2C)c2ccccc21.I.[CH2]CC[N+](C)(C)CCCN1C=CC(=Cc2sc3ccccc3[n+]2C)c2ccccc21.[I-].[I-].[I-]. The van der Waals surface area contributed by atoms with E-state index in [1.54, 1.807) is 0 Å². The fourth-order valence-electron chi connectivity index (χ4n) is 7.78. The molecule has 61 heavy (non-hydrogen) atoms. The van der Waals surface area contributed by atoms with E-state index in [0.717, 1.165) is 49.9 Å². The molecule has 12 heteroatoms. The van der Waals surface area contributed by atoms with Gasteiger partial charge in [-0.2, -0.15) is 9.13 Å². The Hall–Kier alpha value is -1.94. The van der Waals surface area contributed by atoms with Crippen LogP contribution in [0.2, 0.25) is 0 Å². The molecule has 2 aliphatic heterocycles. The van der Waals surface area contributed by atoms with Crippen LogP contribution in [-0.2, 0) is 14.1 Å². The van der Waals surface area contributed by atoms with E-state index in [2.05, 4.69) is 207 Å². The highest BCUT2D eigenvalue weighted by molar-refractivity contribution is 14.0. The molecule has 2 aromatic heterocycles. The molecule has 0 spiro atoms. The Balaban J connectivity index is 0.000000307. The van der Waals surface area contributed by atoms with Crippen molar-refractivity contribution < 1.29 is 85.5 Å². The van der Waals surface area contributed by atoms with Crippen molar-refractivity contribution >= 4 is 102 Å². The first-order chi connectivity index (χ1) is 27.6. The van der Waals surface area contributed by atoms with Crippen molar-refractivity contribution in [1.29, 1.82) is 0 Å². The number of hydrogen-bond acceptors (Lipinski definition) is 5. The second kappa shape index (κ2) is 24.9. The number of fused-ring (bicyclic) bond motifs is 4. The standard InChI is InChI=1S/C26H32N3S.C23H26N3S.4HI/c1-5-18-29(3,4)19-10-16-28-17-15-21(22-11-6-7-12-23(22)28)20-26-27(2)24-13-8-9-14-25(24)30-26;1-24(2)14-8-15-26-16-13-18(19-9-4-5-10-20(19)26)17-23-25(3)21-11-6-7-12-22(21)27-23;;;;/h6-9,11-15,17,20H,1,5,10,16,18-19H2,2-4H3;4-7,9-13,16-17H,8,14-15H2,1-3H3;4*1H/q+2;+1;;;;/p-3. The van der Waals surface area contributed by atoms with Gasteiger partial charge in [0.15, 0.2) is 0 Å². The van der Waals surface area contributed by atoms with Crippen LogP contribution in [0.4, 0.5) is 11.4 Å². The van der Waals surface area contributed by atoms with Crippen LogP contribution in [0.1, 0.15) is 40.4 Å². The van der Waals surface area contributed by atoms with Gasteiger partial charge in [0.05, 0.1) is 27.2 Å². The van der Waals surface area contributed by atoms with Gasteiger partial charge in [0.1, 0.15) is 23.5 Å². The molecule has 325 valence electrons. The normalized spacial score (nSPS) is 14.2. The summed E-state index contributed by atoms with van der Waals surface area (Å²) in [5.74, 6) is 0. The van der Waals surface area contributed by atoms with Gasteiger partial charge < -0.3 is 91.1 Å². The molecule has 4 heterocycles. The van der Waals surface area contributed by atoms with Crippen molar-refractivity contribution in [3.8, 4) is 0 Å². The van der Waals surface area contributed by atoms with Crippen LogP contribution in [0.5, 0.6) is 0 Å². The van der Waals surface area contributed by atoms with Crippen molar-refractivity contribution in [1.82, 2.24) is 4.90 Å². The molecule has 6 nitrogen and oxygen atoms in total. The topological polar surface area (TPSA) is 17.5 Å². The number of aryl methyl sites for hydroxylation is 2. The lowest BCUT2D eigenvalue weighted by Crippen LogP contribution is -3.00. The molecule has 0 bridgehead atoms. The molecule has 4 aromatic carbocycles. The van der Waals surface area contributed by atoms with E-state index in [-0.39, 0.29) is 95.9 Å². The molecular formula is C49H59I4N6S2. The van der Waals surface area contributed by atoms with Crippen molar-refractivity contribution in [2.24, 2.45) is 14.1 Å². The molecule has 0 saturated heterocycles. The fourth-order valence-corrected chi connectivity index (χ4v) is 9.99. The first-order valence-electron chi connectivity index (χ1n) is 20.1. The van der Waals surface area contributed by atoms with Crippen LogP contribution in [0, 0.1) is 6.92 Å². The average Bonchev–Trinajstić information content (AvgIpc) is 3.70. The number of quaternary nitrogens is 1. The third-order valence-corrected chi connectivity index (χ3v) is 13.3. The maximum Gasteiger partial charge on any atom is 0.263 e. The monoisotopic (exact) mass is 1300 g/mol. The Labute approximate surface area is 441 Å². The van der Waals surface area contributed by atoms with Gasteiger partial charge in [0.25, 0.3) is 10.0 Å². The second-order valence-corrected chi connectivity index (χ2v) is 18.1. The van der Waals surface area contributed by atoms with Gasteiger partial charge in [-0.05, 0) is 88.0 Å². The molecule has 0 atom stereocenters. The largest absolute Gasteiger partial charge is 1.00 e. The fraction of sp³-hybridized carbons (Fsp3) is 0.286. The Morgan fingerprint density at radius 3 is 1.49 bits per heavy atom. The Morgan fingerprint density at radius 2 is 1.05 bits per heavy atom. The van der Waals surface area contributed by atoms with Crippen molar-refractivity contribution in [2.75, 3.05) is 70.7 Å². The highest BCUT2D eigenvalue weighted by Crippen LogP contribution is 2.36. The number of allylic oxidation sites excluding steroid dienone is 4. The number of nitrogens with zero attached hydrogens (tertiary/aromatic N) is 6. The Morgan fingerprint density at radius 1 is 0.623 bits per heavy atom. The van der Waals surface area contributed by atoms with E-state index in [1.165, 1.54) is 70.6 Å². The van der Waals surface area contributed by atoms with E-state index in [4.69, 9.17) is 0 Å². The maximum absolute atomic E-state index is 4.02. The summed E-state index contributed by atoms with van der Waals surface area (Å²) >= 11 is 3.69. The number of benzene rings is 4. The summed E-state index contributed by atoms with van der Waals surface area (Å²) in [5.41, 5.74) is 10.3. The van der Waals surface area contributed by atoms with E-state index < -0.39 is 0 Å². The van der Waals surface area contributed by atoms with E-state index >= 15 is 0 Å². The van der Waals surface area contributed by atoms with Crippen LogP contribution < -0.4 is 90.9 Å².